The van der Waals surface area contributed by atoms with Gasteiger partial charge in [-0.1, -0.05) is 13.8 Å². The maximum atomic E-state index is 11.9. The Morgan fingerprint density at radius 3 is 2.75 bits per heavy atom. The molecule has 1 saturated heterocycles. The summed E-state index contributed by atoms with van der Waals surface area (Å²) in [5.41, 5.74) is 0. The van der Waals surface area contributed by atoms with Crippen molar-refractivity contribution >= 4 is 5.91 Å². The van der Waals surface area contributed by atoms with E-state index in [1.165, 1.54) is 12.8 Å². The maximum absolute atomic E-state index is 11.9. The second-order valence-corrected chi connectivity index (χ2v) is 5.63. The fourth-order valence-electron chi connectivity index (χ4n) is 2.42. The highest BCUT2D eigenvalue weighted by atomic mass is 16.2. The number of carbonyl (C=O) groups excluding carboxylic acids is 1. The molecule has 1 N–H and O–H groups in total. The Hall–Kier alpha value is -0.570. The van der Waals surface area contributed by atoms with Gasteiger partial charge in [0.1, 0.15) is 0 Å². The smallest absolute Gasteiger partial charge is 0.225 e. The van der Waals surface area contributed by atoms with Crippen LogP contribution in [0.25, 0.3) is 0 Å². The first-order chi connectivity index (χ1) is 7.66. The van der Waals surface area contributed by atoms with Crippen LogP contribution < -0.4 is 5.32 Å². The highest BCUT2D eigenvalue weighted by Gasteiger charge is 2.35. The molecule has 2 fully saturated rings. The first-order valence-electron chi connectivity index (χ1n) is 6.69. The third-order valence-electron chi connectivity index (χ3n) is 3.57. The summed E-state index contributed by atoms with van der Waals surface area (Å²) in [6, 6.07) is 0.550. The number of nitrogens with one attached hydrogen (secondary N) is 1. The van der Waals surface area contributed by atoms with E-state index in [4.69, 9.17) is 0 Å². The third kappa shape index (κ3) is 3.21. The van der Waals surface area contributed by atoms with Gasteiger partial charge in [-0.05, 0) is 38.1 Å². The second kappa shape index (κ2) is 5.17. The molecule has 2 aliphatic rings. The van der Waals surface area contributed by atoms with Crippen LogP contribution in [0, 0.1) is 11.8 Å². The predicted molar refractivity (Wildman–Crippen MR) is 65.2 cm³/mol. The zero-order chi connectivity index (χ0) is 11.5. The van der Waals surface area contributed by atoms with E-state index in [0.717, 1.165) is 32.5 Å². The van der Waals surface area contributed by atoms with Gasteiger partial charge in [-0.25, -0.2) is 0 Å². The molecule has 3 heteroatoms. The number of piperidine rings is 1. The van der Waals surface area contributed by atoms with Crippen LogP contribution in [-0.2, 0) is 4.79 Å². The summed E-state index contributed by atoms with van der Waals surface area (Å²) < 4.78 is 0. The minimum absolute atomic E-state index is 0.386. The molecule has 1 aliphatic heterocycles. The van der Waals surface area contributed by atoms with E-state index in [2.05, 4.69) is 24.1 Å². The van der Waals surface area contributed by atoms with Gasteiger partial charge >= 0.3 is 0 Å². The number of hydrogen-bond donors (Lipinski definition) is 1. The van der Waals surface area contributed by atoms with Crippen LogP contribution in [-0.4, -0.2) is 36.5 Å². The van der Waals surface area contributed by atoms with E-state index in [1.54, 1.807) is 0 Å². The van der Waals surface area contributed by atoms with Crippen molar-refractivity contribution in [2.24, 2.45) is 11.8 Å². The number of carbonyl (C=O) groups is 1. The summed E-state index contributed by atoms with van der Waals surface area (Å²) in [7, 11) is 0. The first-order valence-corrected chi connectivity index (χ1v) is 6.69. The van der Waals surface area contributed by atoms with Crippen molar-refractivity contribution in [3.8, 4) is 0 Å². The molecule has 1 atom stereocenters. The standard InChI is InChI=1S/C13H24N2O/c1-10(2)14-8-11-4-3-7-15(9-11)13(16)12-5-6-12/h10-12,14H,3-9H2,1-2H3. The molecule has 1 unspecified atom stereocenters. The van der Waals surface area contributed by atoms with Gasteiger partial charge in [0.25, 0.3) is 0 Å². The van der Waals surface area contributed by atoms with Crippen LogP contribution >= 0.6 is 0 Å². The molecule has 0 aromatic rings. The number of likely N-dealkylation sites (tertiary alicyclic amines) is 1. The quantitative estimate of drug-likeness (QED) is 0.787. The van der Waals surface area contributed by atoms with Gasteiger partial charge in [-0.15, -0.1) is 0 Å². The monoisotopic (exact) mass is 224 g/mol. The number of hydrogen-bond acceptors (Lipinski definition) is 2. The molecule has 2 rings (SSSR count). The fourth-order valence-corrected chi connectivity index (χ4v) is 2.42. The average molecular weight is 224 g/mol. The topological polar surface area (TPSA) is 32.3 Å². The van der Waals surface area contributed by atoms with Gasteiger partial charge < -0.3 is 10.2 Å². The molecule has 16 heavy (non-hydrogen) atoms. The highest BCUT2D eigenvalue weighted by molar-refractivity contribution is 5.81. The minimum Gasteiger partial charge on any atom is -0.342 e. The zero-order valence-electron chi connectivity index (χ0n) is 10.5. The summed E-state index contributed by atoms with van der Waals surface area (Å²) in [6.07, 6.45) is 4.71. The van der Waals surface area contributed by atoms with E-state index < -0.39 is 0 Å². The molecule has 0 radical (unpaired) electrons. The lowest BCUT2D eigenvalue weighted by Crippen LogP contribution is -2.44. The zero-order valence-corrected chi connectivity index (χ0v) is 10.5. The van der Waals surface area contributed by atoms with E-state index >= 15 is 0 Å². The number of rotatable bonds is 4. The van der Waals surface area contributed by atoms with Gasteiger partial charge in [-0.3, -0.25) is 4.79 Å². The molecule has 1 amide bonds. The van der Waals surface area contributed by atoms with Crippen LogP contribution in [0.4, 0.5) is 0 Å². The Kier molecular flexibility index (Phi) is 3.85. The first kappa shape index (κ1) is 11.9. The molecule has 1 saturated carbocycles. The van der Waals surface area contributed by atoms with Gasteiger partial charge in [-0.2, -0.15) is 0 Å². The van der Waals surface area contributed by atoms with Crippen LogP contribution in [0.3, 0.4) is 0 Å². The summed E-state index contributed by atoms with van der Waals surface area (Å²) >= 11 is 0. The molecule has 0 aromatic heterocycles. The second-order valence-electron chi connectivity index (χ2n) is 5.63. The average Bonchev–Trinajstić information content (AvgIpc) is 3.09. The molecule has 92 valence electrons. The van der Waals surface area contributed by atoms with Crippen LogP contribution in [0.5, 0.6) is 0 Å². The van der Waals surface area contributed by atoms with Crippen molar-refractivity contribution in [2.75, 3.05) is 19.6 Å². The van der Waals surface area contributed by atoms with Crippen LogP contribution in [0.15, 0.2) is 0 Å². The van der Waals surface area contributed by atoms with Crippen molar-refractivity contribution in [1.29, 1.82) is 0 Å². The normalized spacial score (nSPS) is 26.2. The Bertz CT molecular complexity index is 248. The third-order valence-corrected chi connectivity index (χ3v) is 3.57. The summed E-state index contributed by atoms with van der Waals surface area (Å²) in [6.45, 7) is 7.39. The van der Waals surface area contributed by atoms with Crippen molar-refractivity contribution < 1.29 is 4.79 Å². The number of nitrogens with zero attached hydrogens (tertiary/aromatic N) is 1. The SMILES string of the molecule is CC(C)NCC1CCCN(C(=O)C2CC2)C1. The lowest BCUT2D eigenvalue weighted by Gasteiger charge is -2.33. The molecule has 3 nitrogen and oxygen atoms in total. The largest absolute Gasteiger partial charge is 0.342 e. The van der Waals surface area contributed by atoms with Crippen LogP contribution in [0.2, 0.25) is 0 Å². The van der Waals surface area contributed by atoms with E-state index in [1.807, 2.05) is 0 Å². The summed E-state index contributed by atoms with van der Waals surface area (Å²) in [4.78, 5) is 14.1. The Labute approximate surface area is 98.6 Å². The van der Waals surface area contributed by atoms with Gasteiger partial charge in [0, 0.05) is 25.0 Å². The maximum Gasteiger partial charge on any atom is 0.225 e. The van der Waals surface area contributed by atoms with E-state index in [0.29, 0.717) is 23.8 Å². The molecule has 1 heterocycles. The van der Waals surface area contributed by atoms with Crippen molar-refractivity contribution in [3.05, 3.63) is 0 Å². The predicted octanol–water partition coefficient (Wildman–Crippen LogP) is 1.63. The van der Waals surface area contributed by atoms with Crippen molar-refractivity contribution in [3.63, 3.8) is 0 Å². The van der Waals surface area contributed by atoms with Gasteiger partial charge in [0.05, 0.1) is 0 Å². The lowest BCUT2D eigenvalue weighted by molar-refractivity contribution is -0.134. The molecule has 1 aliphatic carbocycles. The summed E-state index contributed by atoms with van der Waals surface area (Å²) in [5, 5.41) is 3.48. The lowest BCUT2D eigenvalue weighted by atomic mass is 9.97. The fraction of sp³-hybridized carbons (Fsp3) is 0.923. The summed E-state index contributed by atoms with van der Waals surface area (Å²) in [5.74, 6) is 1.48. The highest BCUT2D eigenvalue weighted by Crippen LogP contribution is 2.32. The minimum atomic E-state index is 0.386. The Balaban J connectivity index is 1.76. The van der Waals surface area contributed by atoms with E-state index in [-0.39, 0.29) is 0 Å². The van der Waals surface area contributed by atoms with E-state index in [9.17, 15) is 4.79 Å². The molecule has 0 bridgehead atoms. The molecular formula is C13H24N2O. The van der Waals surface area contributed by atoms with Crippen LogP contribution in [0.1, 0.15) is 39.5 Å². The van der Waals surface area contributed by atoms with Gasteiger partial charge in [0.15, 0.2) is 0 Å². The Morgan fingerprint density at radius 2 is 2.12 bits per heavy atom. The Morgan fingerprint density at radius 1 is 1.38 bits per heavy atom. The van der Waals surface area contributed by atoms with Crippen molar-refractivity contribution in [2.45, 2.75) is 45.6 Å². The van der Waals surface area contributed by atoms with Crippen molar-refractivity contribution in [1.82, 2.24) is 10.2 Å². The molecule has 0 spiro atoms. The van der Waals surface area contributed by atoms with Gasteiger partial charge in [0.2, 0.25) is 5.91 Å². The number of amides is 1. The molecule has 0 aromatic carbocycles. The molecular weight excluding hydrogens is 200 g/mol.